The van der Waals surface area contributed by atoms with Crippen LogP contribution in [0.5, 0.6) is 0 Å². The molecule has 6 heteroatoms. The maximum Gasteiger partial charge on any atom is 0.351 e. The van der Waals surface area contributed by atoms with Crippen molar-refractivity contribution in [2.45, 2.75) is 66.2 Å². The Morgan fingerprint density at radius 3 is 1.33 bits per heavy atom. The highest BCUT2D eigenvalue weighted by Crippen LogP contribution is 2.20. The average Bonchev–Trinajstić information content (AvgIpc) is 2.59. The van der Waals surface area contributed by atoms with Gasteiger partial charge in [-0.25, -0.2) is 9.59 Å². The van der Waals surface area contributed by atoms with E-state index in [0.29, 0.717) is 0 Å². The summed E-state index contributed by atoms with van der Waals surface area (Å²) in [4.78, 5) is 23.8. The lowest BCUT2D eigenvalue weighted by molar-refractivity contribution is -0.142. The van der Waals surface area contributed by atoms with Crippen LogP contribution in [0.3, 0.4) is 0 Å². The van der Waals surface area contributed by atoms with Gasteiger partial charge >= 0.3 is 11.9 Å². The van der Waals surface area contributed by atoms with Gasteiger partial charge in [0.1, 0.15) is 0 Å². The smallest absolute Gasteiger partial charge is 0.351 e. The summed E-state index contributed by atoms with van der Waals surface area (Å²) < 4.78 is 10.3. The van der Waals surface area contributed by atoms with Crippen molar-refractivity contribution >= 4 is 35.1 Å². The minimum absolute atomic E-state index is 0.271. The molecule has 0 heterocycles. The number of hydrogen-bond donors (Lipinski definition) is 0. The summed E-state index contributed by atoms with van der Waals surface area (Å²) in [5.41, 5.74) is 0. The zero-order valence-corrected chi connectivity index (χ0v) is 16.7. The maximum absolute atomic E-state index is 11.9. The summed E-state index contributed by atoms with van der Waals surface area (Å²) in [6.07, 6.45) is 5.79. The zero-order chi connectivity index (χ0) is 18.5. The van der Waals surface area contributed by atoms with Gasteiger partial charge in [0.05, 0.1) is 13.2 Å². The molecule has 2 atom stereocenters. The van der Waals surface area contributed by atoms with Crippen LogP contribution in [-0.2, 0) is 19.1 Å². The standard InChI is InChI=1S/C18H30Cl2O4/c1-5-9-13(7-3)11-23-17(21)15(19)16(20)18(22)24-12-14(8-4)10-6-2/h13-14H,5-12H2,1-4H3/b16-15-. The average molecular weight is 381 g/mol. The number of ether oxygens (including phenoxy) is 2. The number of rotatable bonds is 12. The Morgan fingerprint density at radius 2 is 1.08 bits per heavy atom. The summed E-state index contributed by atoms with van der Waals surface area (Å²) in [6.45, 7) is 8.77. The minimum atomic E-state index is -0.784. The van der Waals surface area contributed by atoms with Crippen molar-refractivity contribution in [3.8, 4) is 0 Å². The van der Waals surface area contributed by atoms with E-state index in [1.807, 2.05) is 13.8 Å². The number of halogens is 2. The van der Waals surface area contributed by atoms with E-state index in [1.165, 1.54) is 0 Å². The van der Waals surface area contributed by atoms with Crippen LogP contribution in [-0.4, -0.2) is 25.2 Å². The molecule has 0 aliphatic heterocycles. The van der Waals surface area contributed by atoms with Gasteiger partial charge in [0.15, 0.2) is 10.1 Å². The molecule has 4 nitrogen and oxygen atoms in total. The van der Waals surface area contributed by atoms with Crippen LogP contribution in [0.15, 0.2) is 10.1 Å². The summed E-state index contributed by atoms with van der Waals surface area (Å²) in [5.74, 6) is -0.996. The molecular formula is C18H30Cl2O4. The van der Waals surface area contributed by atoms with Gasteiger partial charge in [0.2, 0.25) is 0 Å². The van der Waals surface area contributed by atoms with Gasteiger partial charge in [-0.05, 0) is 24.7 Å². The maximum atomic E-state index is 11.9. The molecule has 0 saturated heterocycles. The fourth-order valence-corrected chi connectivity index (χ4v) is 2.58. The normalized spacial score (nSPS) is 14.6. The van der Waals surface area contributed by atoms with Gasteiger partial charge in [-0.3, -0.25) is 0 Å². The van der Waals surface area contributed by atoms with E-state index in [1.54, 1.807) is 0 Å². The molecule has 0 saturated carbocycles. The van der Waals surface area contributed by atoms with E-state index in [2.05, 4.69) is 13.8 Å². The second-order valence-corrected chi connectivity index (χ2v) is 6.71. The molecule has 0 aromatic rings. The van der Waals surface area contributed by atoms with Gasteiger partial charge in [-0.1, -0.05) is 76.6 Å². The Morgan fingerprint density at radius 1 is 0.750 bits per heavy atom. The molecule has 0 spiro atoms. The van der Waals surface area contributed by atoms with Crippen molar-refractivity contribution in [1.29, 1.82) is 0 Å². The largest absolute Gasteiger partial charge is 0.461 e. The van der Waals surface area contributed by atoms with E-state index >= 15 is 0 Å². The first-order valence-electron chi connectivity index (χ1n) is 8.80. The molecule has 0 radical (unpaired) electrons. The van der Waals surface area contributed by atoms with Crippen LogP contribution in [0.2, 0.25) is 0 Å². The van der Waals surface area contributed by atoms with Crippen molar-refractivity contribution in [2.24, 2.45) is 11.8 Å². The lowest BCUT2D eigenvalue weighted by Gasteiger charge is -2.15. The van der Waals surface area contributed by atoms with Gasteiger partial charge < -0.3 is 9.47 Å². The van der Waals surface area contributed by atoms with Crippen molar-refractivity contribution in [3.05, 3.63) is 10.1 Å². The lowest BCUT2D eigenvalue weighted by atomic mass is 10.0. The van der Waals surface area contributed by atoms with Gasteiger partial charge in [-0.15, -0.1) is 0 Å². The summed E-state index contributed by atoms with van der Waals surface area (Å²) >= 11 is 11.7. The van der Waals surface area contributed by atoms with Crippen LogP contribution >= 0.6 is 23.2 Å². The summed E-state index contributed by atoms with van der Waals surface area (Å²) in [6, 6.07) is 0. The molecule has 0 aliphatic carbocycles. The Bertz CT molecular complexity index is 383. The molecule has 0 rings (SSSR count). The lowest BCUT2D eigenvalue weighted by Crippen LogP contribution is -2.17. The molecule has 140 valence electrons. The van der Waals surface area contributed by atoms with E-state index < -0.39 is 22.0 Å². The van der Waals surface area contributed by atoms with Gasteiger partial charge in [-0.2, -0.15) is 0 Å². The number of carbonyl (C=O) groups is 2. The highest BCUT2D eigenvalue weighted by atomic mass is 35.5. The first kappa shape index (κ1) is 23.3. The SMILES string of the molecule is CCCC(CC)COC(=O)/C(Cl)=C(/Cl)C(=O)OCC(CC)CCC. The number of hydrogen-bond acceptors (Lipinski definition) is 4. The molecule has 0 aromatic heterocycles. The van der Waals surface area contributed by atoms with Crippen LogP contribution in [0.1, 0.15) is 66.2 Å². The van der Waals surface area contributed by atoms with Crippen LogP contribution < -0.4 is 0 Å². The van der Waals surface area contributed by atoms with E-state index in [9.17, 15) is 9.59 Å². The Kier molecular flexibility index (Phi) is 13.1. The van der Waals surface area contributed by atoms with Crippen molar-refractivity contribution < 1.29 is 19.1 Å². The highest BCUT2D eigenvalue weighted by Gasteiger charge is 2.22. The molecule has 0 bridgehead atoms. The Labute approximate surface area is 155 Å². The first-order chi connectivity index (χ1) is 11.4. The fourth-order valence-electron chi connectivity index (χ4n) is 2.32. The molecular weight excluding hydrogens is 351 g/mol. The molecule has 24 heavy (non-hydrogen) atoms. The van der Waals surface area contributed by atoms with E-state index in [4.69, 9.17) is 32.7 Å². The van der Waals surface area contributed by atoms with Crippen molar-refractivity contribution in [3.63, 3.8) is 0 Å². The molecule has 0 fully saturated rings. The van der Waals surface area contributed by atoms with E-state index in [0.717, 1.165) is 38.5 Å². The van der Waals surface area contributed by atoms with E-state index in [-0.39, 0.29) is 25.0 Å². The third-order valence-electron chi connectivity index (χ3n) is 4.00. The predicted molar refractivity (Wildman–Crippen MR) is 98.0 cm³/mol. The quantitative estimate of drug-likeness (QED) is 0.335. The van der Waals surface area contributed by atoms with Gasteiger partial charge in [0.25, 0.3) is 0 Å². The van der Waals surface area contributed by atoms with Crippen LogP contribution in [0.25, 0.3) is 0 Å². The Balaban J connectivity index is 4.57. The molecule has 0 aromatic carbocycles. The van der Waals surface area contributed by atoms with Gasteiger partial charge in [0, 0.05) is 0 Å². The monoisotopic (exact) mass is 380 g/mol. The minimum Gasteiger partial charge on any atom is -0.461 e. The third-order valence-corrected chi connectivity index (χ3v) is 4.78. The first-order valence-corrected chi connectivity index (χ1v) is 9.56. The van der Waals surface area contributed by atoms with Crippen molar-refractivity contribution in [2.75, 3.05) is 13.2 Å². The molecule has 0 amide bonds. The number of carbonyl (C=O) groups excluding carboxylic acids is 2. The summed E-state index contributed by atoms with van der Waals surface area (Å²) in [5, 5.41) is -0.840. The molecule has 0 aliphatic rings. The van der Waals surface area contributed by atoms with Crippen molar-refractivity contribution in [1.82, 2.24) is 0 Å². The molecule has 2 unspecified atom stereocenters. The highest BCUT2D eigenvalue weighted by molar-refractivity contribution is 6.53. The number of esters is 2. The summed E-state index contributed by atoms with van der Waals surface area (Å²) in [7, 11) is 0. The third kappa shape index (κ3) is 8.93. The second kappa shape index (κ2) is 13.5. The topological polar surface area (TPSA) is 52.6 Å². The zero-order valence-electron chi connectivity index (χ0n) is 15.2. The van der Waals surface area contributed by atoms with Crippen LogP contribution in [0, 0.1) is 11.8 Å². The second-order valence-electron chi connectivity index (χ2n) is 5.95. The predicted octanol–water partition coefficient (Wildman–Crippen LogP) is 5.41. The Hall–Kier alpha value is -0.740. The fraction of sp³-hybridized carbons (Fsp3) is 0.778. The molecule has 0 N–H and O–H groups in total. The van der Waals surface area contributed by atoms with Crippen LogP contribution in [0.4, 0.5) is 0 Å².